The molecular formula is C17H15F3N2O. The summed E-state index contributed by atoms with van der Waals surface area (Å²) in [6, 6.07) is 3.55. The number of aliphatic hydroxyl groups excluding tert-OH is 1. The van der Waals surface area contributed by atoms with Crippen LogP contribution in [0.25, 0.3) is 16.6 Å². The lowest BCUT2D eigenvalue weighted by molar-refractivity contribution is -0.111. The maximum Gasteiger partial charge on any atom is 0.415 e. The minimum absolute atomic E-state index is 0.278. The second-order valence-electron chi connectivity index (χ2n) is 7.08. The van der Waals surface area contributed by atoms with Gasteiger partial charge < -0.3 is 10.1 Å². The third-order valence-corrected chi connectivity index (χ3v) is 5.97. The molecule has 1 saturated carbocycles. The summed E-state index contributed by atoms with van der Waals surface area (Å²) in [4.78, 5) is 7.33. The first-order chi connectivity index (χ1) is 10.9. The molecule has 0 amide bonds. The minimum Gasteiger partial charge on any atom is -0.388 e. The molecule has 3 nitrogen and oxygen atoms in total. The number of fused-ring (bicyclic) bond motifs is 5. The number of hydrogen-bond donors (Lipinski definition) is 2. The summed E-state index contributed by atoms with van der Waals surface area (Å²) < 4.78 is 41.1. The Labute approximate surface area is 130 Å². The standard InChI is InChI=1S/C17H15F3N2O/c18-17(19,20)13-12-9-1-2-11-14(22-7-21-11)10(9)6-16(12)4-3-8(5-16)15(13)23/h1-2,7-8,15,23H,3-6H2,(H,21,22)/t8?,15-,16+/m1/s1. The molecule has 1 aromatic heterocycles. The van der Waals surface area contributed by atoms with Crippen molar-refractivity contribution in [3.05, 3.63) is 35.2 Å². The highest BCUT2D eigenvalue weighted by Gasteiger charge is 2.59. The first-order valence-corrected chi connectivity index (χ1v) is 7.86. The number of nitrogens with one attached hydrogen (secondary N) is 1. The monoisotopic (exact) mass is 320 g/mol. The number of aromatic nitrogens is 2. The number of H-pyrrole nitrogens is 1. The first-order valence-electron chi connectivity index (χ1n) is 7.86. The number of benzene rings is 1. The Morgan fingerprint density at radius 2 is 2.13 bits per heavy atom. The maximum absolute atomic E-state index is 13.7. The molecule has 23 heavy (non-hydrogen) atoms. The van der Waals surface area contributed by atoms with Gasteiger partial charge in [0.1, 0.15) is 0 Å². The quantitative estimate of drug-likeness (QED) is 0.779. The normalized spacial score (nSPS) is 32.5. The summed E-state index contributed by atoms with van der Waals surface area (Å²) in [5.41, 5.74) is 2.31. The van der Waals surface area contributed by atoms with Crippen LogP contribution in [-0.2, 0) is 6.42 Å². The molecular weight excluding hydrogens is 305 g/mol. The lowest BCUT2D eigenvalue weighted by Gasteiger charge is -2.36. The predicted molar refractivity (Wildman–Crippen MR) is 78.6 cm³/mol. The average molecular weight is 320 g/mol. The van der Waals surface area contributed by atoms with Gasteiger partial charge in [0.15, 0.2) is 0 Å². The maximum atomic E-state index is 13.7. The van der Waals surface area contributed by atoms with Crippen LogP contribution >= 0.6 is 0 Å². The molecule has 3 aliphatic rings. The van der Waals surface area contributed by atoms with Crippen molar-refractivity contribution in [3.63, 3.8) is 0 Å². The Hall–Kier alpha value is -1.82. The predicted octanol–water partition coefficient (Wildman–Crippen LogP) is 3.60. The molecule has 0 saturated heterocycles. The van der Waals surface area contributed by atoms with Crippen LogP contribution in [0.5, 0.6) is 0 Å². The average Bonchev–Trinajstić information content (AvgIpc) is 3.15. The van der Waals surface area contributed by atoms with Gasteiger partial charge in [-0.15, -0.1) is 0 Å². The van der Waals surface area contributed by atoms with Crippen molar-refractivity contribution in [2.45, 2.75) is 38.0 Å². The van der Waals surface area contributed by atoms with E-state index >= 15 is 0 Å². The molecule has 2 bridgehead atoms. The van der Waals surface area contributed by atoms with Crippen LogP contribution in [-0.4, -0.2) is 27.4 Å². The Morgan fingerprint density at radius 1 is 1.30 bits per heavy atom. The summed E-state index contributed by atoms with van der Waals surface area (Å²) in [7, 11) is 0. The van der Waals surface area contributed by atoms with E-state index in [4.69, 9.17) is 0 Å². The van der Waals surface area contributed by atoms with Gasteiger partial charge in [0, 0.05) is 5.41 Å². The van der Waals surface area contributed by atoms with E-state index in [1.807, 2.05) is 0 Å². The Kier molecular flexibility index (Phi) is 2.35. The van der Waals surface area contributed by atoms with Crippen molar-refractivity contribution < 1.29 is 18.3 Å². The van der Waals surface area contributed by atoms with Crippen LogP contribution in [0, 0.1) is 11.3 Å². The zero-order chi connectivity index (χ0) is 16.0. The third kappa shape index (κ3) is 1.57. The van der Waals surface area contributed by atoms with Gasteiger partial charge in [-0.3, -0.25) is 0 Å². The van der Waals surface area contributed by atoms with Gasteiger partial charge in [-0.05, 0) is 54.4 Å². The van der Waals surface area contributed by atoms with Crippen molar-refractivity contribution in [1.82, 2.24) is 9.97 Å². The highest BCUT2D eigenvalue weighted by molar-refractivity contribution is 5.92. The van der Waals surface area contributed by atoms with Gasteiger partial charge in [0.2, 0.25) is 0 Å². The second kappa shape index (κ2) is 3.98. The molecule has 1 heterocycles. The smallest absolute Gasteiger partial charge is 0.388 e. The van der Waals surface area contributed by atoms with Crippen LogP contribution in [0.3, 0.4) is 0 Å². The number of hydrogen-bond acceptors (Lipinski definition) is 2. The van der Waals surface area contributed by atoms with Crippen LogP contribution in [0.4, 0.5) is 13.2 Å². The van der Waals surface area contributed by atoms with E-state index < -0.39 is 23.3 Å². The number of imidazole rings is 1. The van der Waals surface area contributed by atoms with E-state index in [-0.39, 0.29) is 5.92 Å². The highest BCUT2D eigenvalue weighted by Crippen LogP contribution is 2.65. The van der Waals surface area contributed by atoms with Crippen LogP contribution in [0.1, 0.15) is 30.4 Å². The largest absolute Gasteiger partial charge is 0.415 e. The van der Waals surface area contributed by atoms with E-state index in [2.05, 4.69) is 9.97 Å². The van der Waals surface area contributed by atoms with E-state index in [1.54, 1.807) is 18.5 Å². The zero-order valence-electron chi connectivity index (χ0n) is 12.2. The molecule has 6 heteroatoms. The fourth-order valence-corrected chi connectivity index (χ4v) is 5.14. The SMILES string of the molecule is O[C@H]1C(C(F)(F)F)=C2c3ccc4[nH]cnc4c3C[C@@]23CCC1C3. The summed E-state index contributed by atoms with van der Waals surface area (Å²) >= 11 is 0. The number of aliphatic hydroxyl groups is 1. The Bertz CT molecular complexity index is 866. The highest BCUT2D eigenvalue weighted by atomic mass is 19.4. The van der Waals surface area contributed by atoms with Gasteiger partial charge in [0.05, 0.1) is 29.0 Å². The molecule has 1 unspecified atom stereocenters. The van der Waals surface area contributed by atoms with Crippen molar-refractivity contribution in [1.29, 1.82) is 0 Å². The summed E-state index contributed by atoms with van der Waals surface area (Å²) in [6.07, 6.45) is -1.71. The number of halogens is 3. The van der Waals surface area contributed by atoms with Crippen molar-refractivity contribution in [2.75, 3.05) is 0 Å². The molecule has 5 rings (SSSR count). The van der Waals surface area contributed by atoms with Crippen molar-refractivity contribution in [3.8, 4) is 0 Å². The van der Waals surface area contributed by atoms with Gasteiger partial charge in [-0.1, -0.05) is 6.07 Å². The minimum atomic E-state index is -4.49. The number of nitrogens with zero attached hydrogens (tertiary/aromatic N) is 1. The number of alkyl halides is 3. The lowest BCUT2D eigenvalue weighted by Crippen LogP contribution is -2.37. The second-order valence-corrected chi connectivity index (χ2v) is 7.08. The van der Waals surface area contributed by atoms with Gasteiger partial charge >= 0.3 is 6.18 Å². The van der Waals surface area contributed by atoms with E-state index in [0.29, 0.717) is 36.8 Å². The van der Waals surface area contributed by atoms with E-state index in [9.17, 15) is 18.3 Å². The Balaban J connectivity index is 1.87. The molecule has 0 aliphatic heterocycles. The van der Waals surface area contributed by atoms with Gasteiger partial charge in [-0.25, -0.2) is 4.98 Å². The summed E-state index contributed by atoms with van der Waals surface area (Å²) in [5, 5.41) is 10.3. The molecule has 0 radical (unpaired) electrons. The molecule has 3 atom stereocenters. The van der Waals surface area contributed by atoms with E-state index in [1.165, 1.54) is 0 Å². The number of rotatable bonds is 0. The van der Waals surface area contributed by atoms with Crippen LogP contribution in [0.2, 0.25) is 0 Å². The zero-order valence-corrected chi connectivity index (χ0v) is 12.2. The number of allylic oxidation sites excluding steroid dienone is 1. The first kappa shape index (κ1) is 13.6. The summed E-state index contributed by atoms with van der Waals surface area (Å²) in [6.45, 7) is 0. The van der Waals surface area contributed by atoms with Gasteiger partial charge in [0.25, 0.3) is 0 Å². The van der Waals surface area contributed by atoms with Gasteiger partial charge in [-0.2, -0.15) is 13.2 Å². The molecule has 1 aromatic carbocycles. The third-order valence-electron chi connectivity index (χ3n) is 5.97. The van der Waals surface area contributed by atoms with E-state index in [0.717, 1.165) is 16.6 Å². The van der Waals surface area contributed by atoms with Crippen LogP contribution in [0.15, 0.2) is 24.0 Å². The summed E-state index contributed by atoms with van der Waals surface area (Å²) in [5.74, 6) is -0.278. The fraction of sp³-hybridized carbons (Fsp3) is 0.471. The van der Waals surface area contributed by atoms with Crippen molar-refractivity contribution >= 4 is 16.6 Å². The van der Waals surface area contributed by atoms with Crippen LogP contribution < -0.4 is 0 Å². The molecule has 120 valence electrons. The molecule has 1 spiro atoms. The van der Waals surface area contributed by atoms with Crippen molar-refractivity contribution in [2.24, 2.45) is 11.3 Å². The fourth-order valence-electron chi connectivity index (χ4n) is 5.14. The Morgan fingerprint density at radius 3 is 2.91 bits per heavy atom. The molecule has 3 aliphatic carbocycles. The molecule has 2 N–H and O–H groups in total. The molecule has 2 aromatic rings. The molecule has 1 fully saturated rings. The topological polar surface area (TPSA) is 48.9 Å². The lowest BCUT2D eigenvalue weighted by atomic mass is 9.70. The number of aromatic amines is 1.